The van der Waals surface area contributed by atoms with Gasteiger partial charge in [0.15, 0.2) is 6.17 Å². The first kappa shape index (κ1) is 4.77. The molecule has 1 aliphatic heterocycles. The number of alkyl halides is 1. The average Bonchev–Trinajstić information content (AvgIpc) is 1.65. The SMILES string of the molecule is F[C@@H]1CN=C1O[Si]. The molecule has 1 rings (SSSR count). The van der Waals surface area contributed by atoms with Crippen molar-refractivity contribution in [3.05, 3.63) is 0 Å². The molecule has 0 fully saturated rings. The van der Waals surface area contributed by atoms with E-state index in [9.17, 15) is 4.39 Å². The Balaban J connectivity index is 2.41. The highest BCUT2D eigenvalue weighted by Crippen LogP contribution is 2.06. The normalized spacial score (nSPS) is 28.3. The maximum absolute atomic E-state index is 11.9. The second-order valence-corrected chi connectivity index (χ2v) is 1.45. The molecule has 0 unspecified atom stereocenters. The predicted octanol–water partition coefficient (Wildman–Crippen LogP) is -0.163. The van der Waals surface area contributed by atoms with Crippen LogP contribution in [0.15, 0.2) is 4.99 Å². The molecule has 7 heavy (non-hydrogen) atoms. The Morgan fingerprint density at radius 2 is 2.71 bits per heavy atom. The van der Waals surface area contributed by atoms with Gasteiger partial charge in [-0.1, -0.05) is 0 Å². The van der Waals surface area contributed by atoms with Crippen LogP contribution in [0.5, 0.6) is 0 Å². The fourth-order valence-corrected chi connectivity index (χ4v) is 0.523. The molecular formula is C3H3FNOSi. The van der Waals surface area contributed by atoms with Crippen molar-refractivity contribution in [2.24, 2.45) is 4.99 Å². The molecule has 0 bridgehead atoms. The molecule has 0 aromatic rings. The number of halogens is 1. The number of rotatable bonds is 0. The third-order valence-corrected chi connectivity index (χ3v) is 0.989. The van der Waals surface area contributed by atoms with E-state index in [1.54, 1.807) is 0 Å². The molecule has 2 nitrogen and oxygen atoms in total. The lowest BCUT2D eigenvalue weighted by Gasteiger charge is -2.15. The van der Waals surface area contributed by atoms with Gasteiger partial charge in [0.1, 0.15) is 0 Å². The van der Waals surface area contributed by atoms with Gasteiger partial charge in [-0.2, -0.15) is 0 Å². The van der Waals surface area contributed by atoms with E-state index in [1.165, 1.54) is 0 Å². The van der Waals surface area contributed by atoms with E-state index < -0.39 is 6.17 Å². The molecule has 3 radical (unpaired) electrons. The fourth-order valence-electron chi connectivity index (χ4n) is 0.331. The molecule has 1 atom stereocenters. The van der Waals surface area contributed by atoms with Gasteiger partial charge in [-0.3, -0.25) is 4.99 Å². The smallest absolute Gasteiger partial charge is 0.342 e. The Bertz CT molecular complexity index is 105. The van der Waals surface area contributed by atoms with Crippen LogP contribution < -0.4 is 0 Å². The summed E-state index contributed by atoms with van der Waals surface area (Å²) in [4.78, 5) is 3.54. The van der Waals surface area contributed by atoms with Gasteiger partial charge in [0, 0.05) is 0 Å². The molecule has 0 amide bonds. The first-order chi connectivity index (χ1) is 3.34. The molecule has 0 aromatic carbocycles. The van der Waals surface area contributed by atoms with Crippen LogP contribution in [0.3, 0.4) is 0 Å². The van der Waals surface area contributed by atoms with Crippen LogP contribution in [0.4, 0.5) is 4.39 Å². The summed E-state index contributed by atoms with van der Waals surface area (Å²) in [6.45, 7) is 0.250. The predicted molar refractivity (Wildman–Crippen MR) is 24.0 cm³/mol. The molecule has 0 aromatic heterocycles. The van der Waals surface area contributed by atoms with Crippen molar-refractivity contribution in [2.45, 2.75) is 6.17 Å². The summed E-state index contributed by atoms with van der Waals surface area (Å²) in [7, 11) is 2.64. The molecule has 1 heterocycles. The van der Waals surface area contributed by atoms with Crippen LogP contribution in [-0.2, 0) is 4.43 Å². The zero-order chi connectivity index (χ0) is 5.28. The van der Waals surface area contributed by atoms with Crippen molar-refractivity contribution in [3.63, 3.8) is 0 Å². The van der Waals surface area contributed by atoms with Crippen molar-refractivity contribution in [2.75, 3.05) is 6.54 Å². The number of hydrogen-bond donors (Lipinski definition) is 0. The maximum Gasteiger partial charge on any atom is 0.342 e. The third-order valence-electron chi connectivity index (χ3n) is 0.780. The van der Waals surface area contributed by atoms with Crippen molar-refractivity contribution < 1.29 is 8.82 Å². The quantitative estimate of drug-likeness (QED) is 0.403. The van der Waals surface area contributed by atoms with Gasteiger partial charge in [0.25, 0.3) is 0 Å². The maximum atomic E-state index is 11.9. The fraction of sp³-hybridized carbons (Fsp3) is 0.667. The average molecular weight is 116 g/mol. The first-order valence-electron chi connectivity index (χ1n) is 1.86. The number of nitrogens with zero attached hydrogens (tertiary/aromatic N) is 1. The van der Waals surface area contributed by atoms with Crippen LogP contribution in [0.1, 0.15) is 0 Å². The second kappa shape index (κ2) is 1.61. The molecule has 0 aliphatic carbocycles. The van der Waals surface area contributed by atoms with E-state index in [1.807, 2.05) is 0 Å². The van der Waals surface area contributed by atoms with Crippen molar-refractivity contribution in [1.82, 2.24) is 0 Å². The minimum absolute atomic E-state index is 0.150. The zero-order valence-corrected chi connectivity index (χ0v) is 4.52. The lowest BCUT2D eigenvalue weighted by Crippen LogP contribution is -2.30. The molecule has 0 saturated carbocycles. The van der Waals surface area contributed by atoms with Gasteiger partial charge in [-0.15, -0.1) is 0 Å². The van der Waals surface area contributed by atoms with Crippen LogP contribution in [0, 0.1) is 0 Å². The molecule has 37 valence electrons. The molecule has 1 aliphatic rings. The van der Waals surface area contributed by atoms with Gasteiger partial charge in [0.05, 0.1) is 6.54 Å². The Labute approximate surface area is 43.9 Å². The van der Waals surface area contributed by atoms with Gasteiger partial charge in [0.2, 0.25) is 5.90 Å². The minimum atomic E-state index is -0.975. The summed E-state index contributed by atoms with van der Waals surface area (Å²) in [5.41, 5.74) is 0. The minimum Gasteiger partial charge on any atom is -0.529 e. The van der Waals surface area contributed by atoms with Gasteiger partial charge < -0.3 is 4.43 Å². The molecule has 0 N–H and O–H groups in total. The van der Waals surface area contributed by atoms with Gasteiger partial charge in [-0.25, -0.2) is 4.39 Å². The summed E-state index contributed by atoms with van der Waals surface area (Å²) in [5, 5.41) is 0. The summed E-state index contributed by atoms with van der Waals surface area (Å²) in [5.74, 6) is 0.150. The summed E-state index contributed by atoms with van der Waals surface area (Å²) in [6, 6.07) is 0. The van der Waals surface area contributed by atoms with Crippen LogP contribution in [0.25, 0.3) is 0 Å². The largest absolute Gasteiger partial charge is 0.529 e. The standard InChI is InChI=1S/C3H3FNOSi/c4-2-1-5-3(2)6-7/h2H,1H2/t2-/m1/s1. The summed E-state index contributed by atoms with van der Waals surface area (Å²) in [6.07, 6.45) is -0.975. The topological polar surface area (TPSA) is 21.6 Å². The highest BCUT2D eigenvalue weighted by atomic mass is 28.2. The molecule has 0 saturated heterocycles. The monoisotopic (exact) mass is 116 g/mol. The van der Waals surface area contributed by atoms with Gasteiger partial charge in [-0.05, 0) is 0 Å². The Morgan fingerprint density at radius 3 is 2.71 bits per heavy atom. The van der Waals surface area contributed by atoms with Crippen molar-refractivity contribution in [1.29, 1.82) is 0 Å². The summed E-state index contributed by atoms with van der Waals surface area (Å²) < 4.78 is 16.2. The van der Waals surface area contributed by atoms with E-state index >= 15 is 0 Å². The van der Waals surface area contributed by atoms with E-state index in [0.29, 0.717) is 0 Å². The summed E-state index contributed by atoms with van der Waals surface area (Å²) >= 11 is 0. The van der Waals surface area contributed by atoms with Crippen LogP contribution in [0.2, 0.25) is 0 Å². The lowest BCUT2D eigenvalue weighted by atomic mass is 10.3. The zero-order valence-electron chi connectivity index (χ0n) is 3.52. The third kappa shape index (κ3) is 0.652. The number of hydrogen-bond acceptors (Lipinski definition) is 2. The van der Waals surface area contributed by atoms with E-state index in [4.69, 9.17) is 0 Å². The van der Waals surface area contributed by atoms with Crippen molar-refractivity contribution >= 4 is 16.4 Å². The Hall–Kier alpha value is -0.383. The molecular weight excluding hydrogens is 113 g/mol. The van der Waals surface area contributed by atoms with Crippen LogP contribution >= 0.6 is 0 Å². The molecule has 0 spiro atoms. The second-order valence-electron chi connectivity index (χ2n) is 1.25. The first-order valence-corrected chi connectivity index (χ1v) is 2.27. The highest BCUT2D eigenvalue weighted by molar-refractivity contribution is 6.08. The Morgan fingerprint density at radius 1 is 2.00 bits per heavy atom. The Kier molecular flexibility index (Phi) is 1.10. The van der Waals surface area contributed by atoms with E-state index in [0.717, 1.165) is 0 Å². The van der Waals surface area contributed by atoms with Crippen LogP contribution in [-0.4, -0.2) is 29.1 Å². The van der Waals surface area contributed by atoms with E-state index in [-0.39, 0.29) is 12.4 Å². The highest BCUT2D eigenvalue weighted by Gasteiger charge is 2.22. The lowest BCUT2D eigenvalue weighted by molar-refractivity contribution is 0.350. The molecule has 4 heteroatoms. The van der Waals surface area contributed by atoms with Gasteiger partial charge >= 0.3 is 10.5 Å². The van der Waals surface area contributed by atoms with E-state index in [2.05, 4.69) is 19.9 Å². The number of aliphatic imine (C=N–C) groups is 1. The van der Waals surface area contributed by atoms with Crippen molar-refractivity contribution in [3.8, 4) is 0 Å².